The van der Waals surface area contributed by atoms with E-state index < -0.39 is 17.9 Å². The average Bonchev–Trinajstić information content (AvgIpc) is 2.52. The molecule has 0 spiro atoms. The van der Waals surface area contributed by atoms with Crippen LogP contribution >= 0.6 is 23.5 Å². The van der Waals surface area contributed by atoms with Crippen LogP contribution in [0, 0.1) is 5.92 Å². The van der Waals surface area contributed by atoms with Crippen LogP contribution in [-0.4, -0.2) is 39.7 Å². The van der Waals surface area contributed by atoms with Gasteiger partial charge < -0.3 is 10.8 Å². The van der Waals surface area contributed by atoms with Gasteiger partial charge in [-0.15, -0.1) is 11.8 Å². The van der Waals surface area contributed by atoms with Gasteiger partial charge in [-0.25, -0.2) is 4.79 Å². The second-order valence-electron chi connectivity index (χ2n) is 5.11. The highest BCUT2D eigenvalue weighted by molar-refractivity contribution is 8.01. The Morgan fingerprint density at radius 1 is 1.38 bits per heavy atom. The predicted octanol–water partition coefficient (Wildman–Crippen LogP) is 1.80. The zero-order chi connectivity index (χ0) is 15.0. The second-order valence-corrected chi connectivity index (χ2v) is 7.32. The predicted molar refractivity (Wildman–Crippen MR) is 84.5 cm³/mol. The van der Waals surface area contributed by atoms with Gasteiger partial charge in [0.15, 0.2) is 5.78 Å². The topological polar surface area (TPSA) is 80.4 Å². The third-order valence-corrected chi connectivity index (χ3v) is 6.41. The van der Waals surface area contributed by atoms with Crippen LogP contribution < -0.4 is 5.73 Å². The van der Waals surface area contributed by atoms with Gasteiger partial charge in [0.2, 0.25) is 0 Å². The van der Waals surface area contributed by atoms with E-state index in [1.165, 1.54) is 0 Å². The molecule has 0 radical (unpaired) electrons. The van der Waals surface area contributed by atoms with Gasteiger partial charge in [-0.1, -0.05) is 18.2 Å². The number of thioether (sulfide) groups is 2. The molecular weight excluding hydrogens is 306 g/mol. The molecule has 1 aliphatic carbocycles. The molecule has 1 aromatic carbocycles. The number of rotatable bonds is 4. The molecule has 4 nitrogen and oxygen atoms in total. The number of ketones is 1. The Morgan fingerprint density at radius 2 is 2.10 bits per heavy atom. The minimum absolute atomic E-state index is 0.0610. The van der Waals surface area contributed by atoms with Gasteiger partial charge in [0.05, 0.1) is 12.0 Å². The fourth-order valence-electron chi connectivity index (χ4n) is 2.71. The third kappa shape index (κ3) is 2.63. The van der Waals surface area contributed by atoms with Gasteiger partial charge >= 0.3 is 5.97 Å². The van der Waals surface area contributed by atoms with E-state index in [0.29, 0.717) is 11.5 Å². The maximum Gasteiger partial charge on any atom is 0.332 e. The maximum absolute atomic E-state index is 11.9. The normalized spacial score (nSPS) is 28.0. The van der Waals surface area contributed by atoms with Crippen molar-refractivity contribution in [3.63, 3.8) is 0 Å². The van der Waals surface area contributed by atoms with Crippen LogP contribution in [0.3, 0.4) is 0 Å². The first-order valence-corrected chi connectivity index (χ1v) is 8.67. The molecule has 1 fully saturated rings. The van der Waals surface area contributed by atoms with E-state index in [0.717, 1.165) is 10.5 Å². The zero-order valence-electron chi connectivity index (χ0n) is 11.2. The molecule has 0 bridgehead atoms. The Hall–Kier alpha value is -1.24. The zero-order valence-corrected chi connectivity index (χ0v) is 12.8. The number of fused-ring (bicyclic) bond motifs is 1. The van der Waals surface area contributed by atoms with Crippen LogP contribution in [0.2, 0.25) is 0 Å². The summed E-state index contributed by atoms with van der Waals surface area (Å²) in [7, 11) is 0. The summed E-state index contributed by atoms with van der Waals surface area (Å²) in [6.45, 7) is 0. The number of carbonyl (C=O) groups is 2. The van der Waals surface area contributed by atoms with Gasteiger partial charge in [-0.3, -0.25) is 4.79 Å². The van der Waals surface area contributed by atoms with E-state index in [9.17, 15) is 14.7 Å². The van der Waals surface area contributed by atoms with Crippen LogP contribution in [0.25, 0.3) is 0 Å². The molecule has 0 amide bonds. The van der Waals surface area contributed by atoms with E-state index in [-0.39, 0.29) is 16.6 Å². The summed E-state index contributed by atoms with van der Waals surface area (Å²) >= 11 is 3.21. The second kappa shape index (κ2) is 5.87. The average molecular weight is 321 g/mol. The van der Waals surface area contributed by atoms with Gasteiger partial charge in [-0.2, -0.15) is 11.8 Å². The number of hydrogen-bond donors (Lipinski definition) is 2. The standard InChI is InChI=1S/C15H15NO3S2/c16-12-13(17)11-10(15(18)19)8(7-21-14(11)12)6-20-9-4-2-1-3-5-9/h1-5,11-12,14H,6-7,16H2,(H,18,19). The van der Waals surface area contributed by atoms with E-state index in [1.807, 2.05) is 30.3 Å². The quantitative estimate of drug-likeness (QED) is 0.823. The summed E-state index contributed by atoms with van der Waals surface area (Å²) in [5, 5.41) is 9.40. The van der Waals surface area contributed by atoms with Crippen molar-refractivity contribution in [3.05, 3.63) is 41.5 Å². The third-order valence-electron chi connectivity index (χ3n) is 3.85. The van der Waals surface area contributed by atoms with E-state index in [2.05, 4.69) is 0 Å². The largest absolute Gasteiger partial charge is 0.478 e. The molecule has 0 aromatic heterocycles. The lowest BCUT2D eigenvalue weighted by Crippen LogP contribution is -2.62. The van der Waals surface area contributed by atoms with Crippen molar-refractivity contribution in [1.82, 2.24) is 0 Å². The molecule has 110 valence electrons. The monoisotopic (exact) mass is 321 g/mol. The Bertz CT molecular complexity index is 615. The first-order valence-electron chi connectivity index (χ1n) is 6.63. The Labute approximate surface area is 131 Å². The van der Waals surface area contributed by atoms with Crippen LogP contribution in [0.15, 0.2) is 46.4 Å². The van der Waals surface area contributed by atoms with Crippen molar-refractivity contribution in [2.75, 3.05) is 11.5 Å². The van der Waals surface area contributed by atoms with Crippen molar-refractivity contribution >= 4 is 35.3 Å². The summed E-state index contributed by atoms with van der Waals surface area (Å²) < 4.78 is 0. The van der Waals surface area contributed by atoms with Gasteiger partial charge in [-0.05, 0) is 17.7 Å². The van der Waals surface area contributed by atoms with Crippen molar-refractivity contribution in [3.8, 4) is 0 Å². The molecule has 3 rings (SSSR count). The van der Waals surface area contributed by atoms with Gasteiger partial charge in [0.25, 0.3) is 0 Å². The fraction of sp³-hybridized carbons (Fsp3) is 0.333. The minimum Gasteiger partial charge on any atom is -0.478 e. The molecule has 3 atom stereocenters. The highest BCUT2D eigenvalue weighted by Gasteiger charge is 2.53. The summed E-state index contributed by atoms with van der Waals surface area (Å²) in [5.41, 5.74) is 6.89. The molecular formula is C15H15NO3S2. The smallest absolute Gasteiger partial charge is 0.332 e. The number of carboxylic acid groups (broad SMARTS) is 1. The minimum atomic E-state index is -0.978. The van der Waals surface area contributed by atoms with Crippen molar-refractivity contribution in [1.29, 1.82) is 0 Å². The van der Waals surface area contributed by atoms with E-state index in [4.69, 9.17) is 5.73 Å². The number of benzene rings is 1. The van der Waals surface area contributed by atoms with E-state index in [1.54, 1.807) is 23.5 Å². The van der Waals surface area contributed by atoms with Gasteiger partial charge in [0, 0.05) is 27.2 Å². The maximum atomic E-state index is 11.9. The van der Waals surface area contributed by atoms with Crippen LogP contribution in [-0.2, 0) is 9.59 Å². The molecule has 3 N–H and O–H groups in total. The summed E-state index contributed by atoms with van der Waals surface area (Å²) in [5.74, 6) is -0.378. The molecule has 1 aliphatic heterocycles. The van der Waals surface area contributed by atoms with Crippen LogP contribution in [0.5, 0.6) is 0 Å². The molecule has 1 aromatic rings. The van der Waals surface area contributed by atoms with Crippen LogP contribution in [0.1, 0.15) is 0 Å². The highest BCUT2D eigenvalue weighted by Crippen LogP contribution is 2.45. The molecule has 1 saturated carbocycles. The molecule has 3 unspecified atom stereocenters. The number of nitrogens with two attached hydrogens (primary N) is 1. The fourth-order valence-corrected chi connectivity index (χ4v) is 5.24. The lowest BCUT2D eigenvalue weighted by atomic mass is 9.72. The van der Waals surface area contributed by atoms with Crippen molar-refractivity contribution in [2.45, 2.75) is 16.2 Å². The first kappa shape index (κ1) is 14.7. The molecule has 6 heteroatoms. The number of carboxylic acids is 1. The Balaban J connectivity index is 1.81. The lowest BCUT2D eigenvalue weighted by Gasteiger charge is -2.44. The molecule has 2 aliphatic rings. The lowest BCUT2D eigenvalue weighted by molar-refractivity contribution is -0.138. The SMILES string of the molecule is NC1C(=O)C2C(C(=O)O)=C(CSc3ccccc3)CSC12. The van der Waals surface area contributed by atoms with Crippen LogP contribution in [0.4, 0.5) is 0 Å². The summed E-state index contributed by atoms with van der Waals surface area (Å²) in [6, 6.07) is 9.34. The summed E-state index contributed by atoms with van der Waals surface area (Å²) in [6.07, 6.45) is 0. The Morgan fingerprint density at radius 3 is 2.76 bits per heavy atom. The molecule has 0 saturated heterocycles. The summed E-state index contributed by atoms with van der Waals surface area (Å²) in [4.78, 5) is 24.5. The van der Waals surface area contributed by atoms with Gasteiger partial charge in [0.1, 0.15) is 0 Å². The number of aliphatic carboxylic acids is 1. The number of Topliss-reactive ketones (excluding diaryl/α,β-unsaturated/α-hetero) is 1. The van der Waals surface area contributed by atoms with Crippen molar-refractivity contribution in [2.24, 2.45) is 11.7 Å². The van der Waals surface area contributed by atoms with Crippen molar-refractivity contribution < 1.29 is 14.7 Å². The molecule has 21 heavy (non-hydrogen) atoms. The number of hydrogen-bond acceptors (Lipinski definition) is 5. The Kier molecular flexibility index (Phi) is 4.10. The van der Waals surface area contributed by atoms with E-state index >= 15 is 0 Å². The molecule has 1 heterocycles. The first-order chi connectivity index (χ1) is 10.1. The number of carbonyl (C=O) groups excluding carboxylic acids is 1. The highest BCUT2D eigenvalue weighted by atomic mass is 32.2.